The molecule has 2 heterocycles. The number of hydrogen-bond acceptors (Lipinski definition) is 10. The Hall–Kier alpha value is -7.94. The van der Waals surface area contributed by atoms with Crippen molar-refractivity contribution in [2.75, 3.05) is 9.80 Å². The van der Waals surface area contributed by atoms with Gasteiger partial charge in [0.25, 0.3) is 22.9 Å². The number of nitro groups is 2. The molecule has 2 aliphatic carbocycles. The highest BCUT2D eigenvalue weighted by molar-refractivity contribution is 6.09. The molecular weight excluding hydrogens is 737 g/mol. The fourth-order valence-electron chi connectivity index (χ4n) is 9.80. The van der Waals surface area contributed by atoms with E-state index in [2.05, 4.69) is 13.2 Å². The van der Waals surface area contributed by atoms with Gasteiger partial charge >= 0.3 is 0 Å². The first kappa shape index (κ1) is 38.3. The van der Waals surface area contributed by atoms with Crippen molar-refractivity contribution in [3.8, 4) is 24.3 Å². The molecule has 2 fully saturated rings. The zero-order valence-electron chi connectivity index (χ0n) is 30.7. The Morgan fingerprint density at radius 2 is 0.897 bits per heavy atom. The van der Waals surface area contributed by atoms with E-state index in [9.17, 15) is 50.9 Å². The molecule has 4 aliphatic rings. The smallest absolute Gasteiger partial charge is 0.278 e. The molecule has 58 heavy (non-hydrogen) atoms. The van der Waals surface area contributed by atoms with E-state index in [0.717, 1.165) is 0 Å². The first-order valence-electron chi connectivity index (χ1n) is 18.1. The number of anilines is 2. The Kier molecular flexibility index (Phi) is 9.24. The number of para-hydroxylation sites is 2. The van der Waals surface area contributed by atoms with E-state index in [-0.39, 0.29) is 12.8 Å². The fourth-order valence-corrected chi connectivity index (χ4v) is 9.80. The van der Waals surface area contributed by atoms with E-state index in [1.54, 1.807) is 109 Å². The number of carbonyl (C=O) groups excluding carboxylic acids is 2. The van der Waals surface area contributed by atoms with Crippen LogP contribution in [0.4, 0.5) is 11.4 Å². The van der Waals surface area contributed by atoms with Crippen molar-refractivity contribution in [1.29, 1.82) is 21.0 Å². The maximum atomic E-state index is 13.5. The van der Waals surface area contributed by atoms with Gasteiger partial charge in [-0.2, -0.15) is 21.0 Å². The Balaban J connectivity index is 0.000000177. The minimum absolute atomic E-state index is 0.0674. The van der Waals surface area contributed by atoms with Crippen LogP contribution in [0.3, 0.4) is 0 Å². The predicted octanol–water partition coefficient (Wildman–Crippen LogP) is 6.85. The maximum Gasteiger partial charge on any atom is 0.278 e. The highest BCUT2D eigenvalue weighted by Crippen LogP contribution is 2.65. The first-order valence-corrected chi connectivity index (χ1v) is 18.1. The number of amides is 2. The van der Waals surface area contributed by atoms with Gasteiger partial charge in [0.1, 0.15) is 12.1 Å². The second-order valence-electron chi connectivity index (χ2n) is 14.6. The number of carbonyl (C=O) groups is 2. The van der Waals surface area contributed by atoms with Gasteiger partial charge in [-0.1, -0.05) is 72.8 Å². The van der Waals surface area contributed by atoms with Gasteiger partial charge in [0, 0.05) is 21.0 Å². The second kappa shape index (κ2) is 14.0. The lowest BCUT2D eigenvalue weighted by atomic mass is 9.78. The van der Waals surface area contributed by atoms with Gasteiger partial charge < -0.3 is 0 Å². The summed E-state index contributed by atoms with van der Waals surface area (Å²) >= 11 is 0. The summed E-state index contributed by atoms with van der Waals surface area (Å²) < 4.78 is 0. The lowest BCUT2D eigenvalue weighted by Gasteiger charge is -2.32. The summed E-state index contributed by atoms with van der Waals surface area (Å²) in [6.45, 7) is 7.48. The summed E-state index contributed by atoms with van der Waals surface area (Å²) in [5.41, 5.74) is -5.09. The van der Waals surface area contributed by atoms with Crippen molar-refractivity contribution >= 4 is 23.2 Å². The summed E-state index contributed by atoms with van der Waals surface area (Å²) in [6.07, 6.45) is 2.73. The molecule has 0 aromatic heterocycles. The van der Waals surface area contributed by atoms with Crippen LogP contribution < -0.4 is 9.80 Å². The standard InChI is InChI=1S/2C22H16N4O3/c2*1-2-16-12-21(13-23,14-24)20-22(16,26(28)29)17-10-6-7-11-18(17)25(20)19(27)15-8-4-3-5-9-15/h2*2-11,16,20H,1,12H2/t2*16-,20-,22+/m00/s1. The zero-order valence-corrected chi connectivity index (χ0v) is 30.7. The lowest BCUT2D eigenvalue weighted by Crippen LogP contribution is -2.55. The number of nitriles is 4. The molecule has 284 valence electrons. The van der Waals surface area contributed by atoms with Crippen molar-refractivity contribution in [3.05, 3.63) is 177 Å². The van der Waals surface area contributed by atoms with Gasteiger partial charge in [0.05, 0.1) is 58.6 Å². The second-order valence-corrected chi connectivity index (χ2v) is 14.6. The lowest BCUT2D eigenvalue weighted by molar-refractivity contribution is -0.585. The molecular formula is C44H32N8O6. The van der Waals surface area contributed by atoms with E-state index in [0.29, 0.717) is 33.6 Å². The molecule has 4 aromatic rings. The van der Waals surface area contributed by atoms with Crippen LogP contribution in [0, 0.1) is 88.2 Å². The maximum absolute atomic E-state index is 13.5. The largest absolute Gasteiger partial charge is 0.294 e. The Bertz CT molecular complexity index is 2380. The van der Waals surface area contributed by atoms with E-state index in [1.165, 1.54) is 22.0 Å². The van der Waals surface area contributed by atoms with Gasteiger partial charge in [0.2, 0.25) is 0 Å². The third-order valence-electron chi connectivity index (χ3n) is 12.1. The fraction of sp³-hybridized carbons (Fsp3) is 0.227. The summed E-state index contributed by atoms with van der Waals surface area (Å²) in [5.74, 6) is -2.52. The highest BCUT2D eigenvalue weighted by Gasteiger charge is 2.79. The monoisotopic (exact) mass is 768 g/mol. The average molecular weight is 769 g/mol. The van der Waals surface area contributed by atoms with Crippen LogP contribution in [0.25, 0.3) is 0 Å². The van der Waals surface area contributed by atoms with Gasteiger partial charge in [0.15, 0.2) is 10.8 Å². The van der Waals surface area contributed by atoms with Crippen molar-refractivity contribution in [1.82, 2.24) is 0 Å². The zero-order chi connectivity index (χ0) is 41.6. The molecule has 0 bridgehead atoms. The summed E-state index contributed by atoms with van der Waals surface area (Å²) in [7, 11) is 0. The van der Waals surface area contributed by atoms with Crippen LogP contribution in [0.5, 0.6) is 0 Å². The van der Waals surface area contributed by atoms with Gasteiger partial charge in [-0.15, -0.1) is 13.2 Å². The number of rotatable bonds is 6. The molecule has 4 aromatic carbocycles. The first-order chi connectivity index (χ1) is 27.9. The molecule has 2 amide bonds. The van der Waals surface area contributed by atoms with Gasteiger partial charge in [-0.25, -0.2) is 0 Å². The summed E-state index contributed by atoms with van der Waals surface area (Å²) in [6, 6.07) is 35.4. The minimum Gasteiger partial charge on any atom is -0.294 e. The topological polar surface area (TPSA) is 222 Å². The van der Waals surface area contributed by atoms with Gasteiger partial charge in [-0.05, 0) is 61.4 Å². The van der Waals surface area contributed by atoms with Crippen molar-refractivity contribution in [3.63, 3.8) is 0 Å². The predicted molar refractivity (Wildman–Crippen MR) is 208 cm³/mol. The van der Waals surface area contributed by atoms with Crippen LogP contribution in [0.2, 0.25) is 0 Å². The minimum atomic E-state index is -1.81. The molecule has 14 heteroatoms. The van der Waals surface area contributed by atoms with E-state index in [4.69, 9.17) is 0 Å². The molecule has 8 rings (SSSR count). The Labute approximate surface area is 332 Å². The van der Waals surface area contributed by atoms with Crippen molar-refractivity contribution < 1.29 is 19.4 Å². The van der Waals surface area contributed by atoms with Crippen LogP contribution in [-0.4, -0.2) is 33.7 Å². The SMILES string of the molecule is C=C[C@H]1CC(C#N)(C#N)[C@@H]2N(C(=O)c3ccccc3)c3ccccc3[C@]12[N+](=O)[O-].C=C[C@H]1CC(C#N)(C#N)[C@@H]2N(C(=O)c3ccccc3)c3ccccc3[C@]12[N+](=O)[O-]. The quantitative estimate of drug-likeness (QED) is 0.113. The number of nitrogens with zero attached hydrogens (tertiary/aromatic N) is 8. The molecule has 0 N–H and O–H groups in total. The number of hydrogen-bond donors (Lipinski definition) is 0. The molecule has 6 atom stereocenters. The van der Waals surface area contributed by atoms with E-state index >= 15 is 0 Å². The molecule has 14 nitrogen and oxygen atoms in total. The third kappa shape index (κ3) is 4.86. The van der Waals surface area contributed by atoms with Crippen molar-refractivity contribution in [2.45, 2.75) is 36.0 Å². The van der Waals surface area contributed by atoms with E-state index < -0.39 is 67.5 Å². The van der Waals surface area contributed by atoms with Crippen molar-refractivity contribution in [2.24, 2.45) is 22.7 Å². The normalized spacial score (nSPS) is 25.9. The van der Waals surface area contributed by atoms with Crippen LogP contribution >= 0.6 is 0 Å². The molecule has 0 radical (unpaired) electrons. The summed E-state index contributed by atoms with van der Waals surface area (Å²) in [5, 5.41) is 64.9. The molecule has 0 unspecified atom stereocenters. The van der Waals surface area contributed by atoms with Crippen LogP contribution in [0.15, 0.2) is 135 Å². The third-order valence-corrected chi connectivity index (χ3v) is 12.1. The van der Waals surface area contributed by atoms with E-state index in [1.807, 2.05) is 24.3 Å². The number of fused-ring (bicyclic) bond motifs is 6. The van der Waals surface area contributed by atoms with Gasteiger partial charge in [-0.3, -0.25) is 39.6 Å². The average Bonchev–Trinajstić information content (AvgIpc) is 3.95. The Morgan fingerprint density at radius 1 is 0.586 bits per heavy atom. The highest BCUT2D eigenvalue weighted by atomic mass is 16.6. The Morgan fingerprint density at radius 3 is 1.19 bits per heavy atom. The number of benzene rings is 4. The molecule has 0 spiro atoms. The molecule has 2 aliphatic heterocycles. The van der Waals surface area contributed by atoms with Crippen LogP contribution in [-0.2, 0) is 11.1 Å². The molecule has 0 saturated heterocycles. The molecule has 2 saturated carbocycles. The summed E-state index contributed by atoms with van der Waals surface area (Å²) in [4.78, 5) is 53.8. The van der Waals surface area contributed by atoms with Crippen LogP contribution in [0.1, 0.15) is 44.7 Å².